The number of unbranched alkanes of at least 4 members (excludes halogenated alkanes) is 6. The van der Waals surface area contributed by atoms with Gasteiger partial charge in [0.25, 0.3) is 0 Å². The summed E-state index contributed by atoms with van der Waals surface area (Å²) in [4.78, 5) is 0. The topological polar surface area (TPSA) is 0 Å². The quantitative estimate of drug-likeness (QED) is 0.226. The van der Waals surface area contributed by atoms with Gasteiger partial charge < -0.3 is 0 Å². The SMILES string of the molecule is CCC=C=CCCCCCCCC=CC=CCC. The van der Waals surface area contributed by atoms with Crippen LogP contribution in [0.5, 0.6) is 0 Å². The minimum absolute atomic E-state index is 1.09. The molecule has 102 valence electrons. The molecule has 0 bridgehead atoms. The van der Waals surface area contributed by atoms with Gasteiger partial charge in [-0.15, -0.1) is 5.73 Å². The first-order valence-electron chi connectivity index (χ1n) is 7.62. The van der Waals surface area contributed by atoms with E-state index in [0.717, 1.165) is 12.8 Å². The Hall–Kier alpha value is -1.00. The fourth-order valence-corrected chi connectivity index (χ4v) is 1.71. The smallest absolute Gasteiger partial charge is 0.0274 e. The van der Waals surface area contributed by atoms with Gasteiger partial charge in [0.2, 0.25) is 0 Å². The third-order valence-corrected chi connectivity index (χ3v) is 2.78. The predicted octanol–water partition coefficient (Wildman–Crippen LogP) is 6.36. The van der Waals surface area contributed by atoms with Crippen LogP contribution in [0.1, 0.15) is 71.6 Å². The van der Waals surface area contributed by atoms with E-state index in [4.69, 9.17) is 0 Å². The first-order valence-corrected chi connectivity index (χ1v) is 7.62. The van der Waals surface area contributed by atoms with E-state index in [1.807, 2.05) is 0 Å². The van der Waals surface area contributed by atoms with Crippen LogP contribution >= 0.6 is 0 Å². The second kappa shape index (κ2) is 16.0. The highest BCUT2D eigenvalue weighted by Gasteiger charge is 1.88. The van der Waals surface area contributed by atoms with Crippen molar-refractivity contribution in [2.45, 2.75) is 71.6 Å². The molecule has 0 N–H and O–H groups in total. The van der Waals surface area contributed by atoms with Gasteiger partial charge in [-0.05, 0) is 50.7 Å². The lowest BCUT2D eigenvalue weighted by molar-refractivity contribution is 0.622. The molecule has 0 amide bonds. The standard InChI is InChI=1S/C18H30/c1-3-5-7-9-11-13-15-17-18-16-14-12-10-8-6-4-2/h5-7,9-11H,3-4,12-18H2,1-2H3. The van der Waals surface area contributed by atoms with E-state index in [1.165, 1.54) is 44.9 Å². The zero-order valence-electron chi connectivity index (χ0n) is 12.3. The molecule has 0 fully saturated rings. The maximum absolute atomic E-state index is 3.21. The Labute approximate surface area is 114 Å². The number of rotatable bonds is 11. The first kappa shape index (κ1) is 17.0. The van der Waals surface area contributed by atoms with Crippen molar-refractivity contribution in [3.8, 4) is 0 Å². The van der Waals surface area contributed by atoms with Crippen molar-refractivity contribution >= 4 is 0 Å². The molecule has 0 radical (unpaired) electrons. The van der Waals surface area contributed by atoms with Crippen LogP contribution in [0.3, 0.4) is 0 Å². The molecule has 0 spiro atoms. The molecule has 0 aliphatic carbocycles. The van der Waals surface area contributed by atoms with Crippen LogP contribution < -0.4 is 0 Å². The highest BCUT2D eigenvalue weighted by molar-refractivity contribution is 5.01. The van der Waals surface area contributed by atoms with E-state index in [-0.39, 0.29) is 0 Å². The van der Waals surface area contributed by atoms with Crippen molar-refractivity contribution in [2.75, 3.05) is 0 Å². The van der Waals surface area contributed by atoms with E-state index >= 15 is 0 Å². The molecule has 0 saturated heterocycles. The lowest BCUT2D eigenvalue weighted by Gasteiger charge is -1.97. The Balaban J connectivity index is 3.19. The van der Waals surface area contributed by atoms with E-state index in [1.54, 1.807) is 0 Å². The lowest BCUT2D eigenvalue weighted by Crippen LogP contribution is -1.77. The zero-order chi connectivity index (χ0) is 13.3. The van der Waals surface area contributed by atoms with Crippen molar-refractivity contribution in [3.05, 3.63) is 42.2 Å². The van der Waals surface area contributed by atoms with E-state index in [9.17, 15) is 0 Å². The third-order valence-electron chi connectivity index (χ3n) is 2.78. The summed E-state index contributed by atoms with van der Waals surface area (Å²) in [7, 11) is 0. The van der Waals surface area contributed by atoms with Gasteiger partial charge in [-0.1, -0.05) is 57.4 Å². The molecule has 18 heavy (non-hydrogen) atoms. The summed E-state index contributed by atoms with van der Waals surface area (Å²) < 4.78 is 0. The van der Waals surface area contributed by atoms with Crippen molar-refractivity contribution in [1.82, 2.24) is 0 Å². The lowest BCUT2D eigenvalue weighted by atomic mass is 10.1. The van der Waals surface area contributed by atoms with Gasteiger partial charge >= 0.3 is 0 Å². The third kappa shape index (κ3) is 15.0. The fourth-order valence-electron chi connectivity index (χ4n) is 1.71. The highest BCUT2D eigenvalue weighted by Crippen LogP contribution is 2.07. The van der Waals surface area contributed by atoms with Gasteiger partial charge in [0.15, 0.2) is 0 Å². The summed E-state index contributed by atoms with van der Waals surface area (Å²) in [6.07, 6.45) is 24.5. The average Bonchev–Trinajstić information content (AvgIpc) is 2.39. The molecule has 0 unspecified atom stereocenters. The van der Waals surface area contributed by atoms with Crippen LogP contribution in [0.2, 0.25) is 0 Å². The van der Waals surface area contributed by atoms with E-state index in [2.05, 4.69) is 56.0 Å². The zero-order valence-corrected chi connectivity index (χ0v) is 12.3. The average molecular weight is 246 g/mol. The summed E-state index contributed by atoms with van der Waals surface area (Å²) in [6, 6.07) is 0. The van der Waals surface area contributed by atoms with Crippen LogP contribution in [0, 0.1) is 0 Å². The second-order valence-corrected chi connectivity index (χ2v) is 4.59. The van der Waals surface area contributed by atoms with Gasteiger partial charge in [0.05, 0.1) is 0 Å². The van der Waals surface area contributed by atoms with E-state index < -0.39 is 0 Å². The summed E-state index contributed by atoms with van der Waals surface area (Å²) in [5.74, 6) is 0. The fraction of sp³-hybridized carbons (Fsp3) is 0.611. The Bertz CT molecular complexity index is 262. The van der Waals surface area contributed by atoms with Gasteiger partial charge in [-0.2, -0.15) is 0 Å². The van der Waals surface area contributed by atoms with Crippen molar-refractivity contribution in [1.29, 1.82) is 0 Å². The monoisotopic (exact) mass is 246 g/mol. The van der Waals surface area contributed by atoms with Crippen molar-refractivity contribution in [2.24, 2.45) is 0 Å². The maximum atomic E-state index is 3.21. The second-order valence-electron chi connectivity index (χ2n) is 4.59. The van der Waals surface area contributed by atoms with Crippen LogP contribution in [0.4, 0.5) is 0 Å². The van der Waals surface area contributed by atoms with Crippen molar-refractivity contribution in [3.63, 3.8) is 0 Å². The molecular formula is C18H30. The number of allylic oxidation sites excluding steroid dienone is 5. The number of hydrogen-bond acceptors (Lipinski definition) is 0. The Morgan fingerprint density at radius 1 is 0.667 bits per heavy atom. The number of hydrogen-bond donors (Lipinski definition) is 0. The van der Waals surface area contributed by atoms with Crippen LogP contribution in [0.25, 0.3) is 0 Å². The summed E-state index contributed by atoms with van der Waals surface area (Å²) in [6.45, 7) is 4.31. The molecule has 0 nitrogen and oxygen atoms in total. The van der Waals surface area contributed by atoms with Gasteiger partial charge in [-0.3, -0.25) is 0 Å². The van der Waals surface area contributed by atoms with Crippen LogP contribution in [-0.2, 0) is 0 Å². The molecule has 0 aromatic carbocycles. The van der Waals surface area contributed by atoms with Crippen LogP contribution in [-0.4, -0.2) is 0 Å². The first-order chi connectivity index (χ1) is 8.91. The normalized spacial score (nSPS) is 11.0. The van der Waals surface area contributed by atoms with Crippen molar-refractivity contribution < 1.29 is 0 Å². The molecule has 0 rings (SSSR count). The molecule has 0 aromatic heterocycles. The summed E-state index contributed by atoms with van der Waals surface area (Å²) in [5.41, 5.74) is 3.21. The molecule has 0 aliphatic rings. The maximum Gasteiger partial charge on any atom is -0.0274 e. The van der Waals surface area contributed by atoms with Gasteiger partial charge in [0.1, 0.15) is 0 Å². The molecule has 0 saturated carbocycles. The summed E-state index contributed by atoms with van der Waals surface area (Å²) >= 11 is 0. The van der Waals surface area contributed by atoms with E-state index in [0.29, 0.717) is 0 Å². The Morgan fingerprint density at radius 3 is 2.06 bits per heavy atom. The van der Waals surface area contributed by atoms with Crippen LogP contribution in [0.15, 0.2) is 42.2 Å². The molecule has 0 aromatic rings. The molecule has 0 aliphatic heterocycles. The Morgan fingerprint density at radius 2 is 1.33 bits per heavy atom. The minimum atomic E-state index is 1.09. The molecule has 0 heteroatoms. The predicted molar refractivity (Wildman–Crippen MR) is 83.8 cm³/mol. The van der Waals surface area contributed by atoms with Gasteiger partial charge in [0, 0.05) is 0 Å². The molecule has 0 atom stereocenters. The minimum Gasteiger partial charge on any atom is -0.130 e. The molecular weight excluding hydrogens is 216 g/mol. The molecule has 0 heterocycles. The largest absolute Gasteiger partial charge is 0.130 e. The Kier molecular flexibility index (Phi) is 15.1. The highest BCUT2D eigenvalue weighted by atomic mass is 13.9. The summed E-state index contributed by atoms with van der Waals surface area (Å²) in [5, 5.41) is 0. The van der Waals surface area contributed by atoms with Gasteiger partial charge in [-0.25, -0.2) is 0 Å².